The van der Waals surface area contributed by atoms with Gasteiger partial charge in [-0.25, -0.2) is 17.5 Å². The van der Waals surface area contributed by atoms with Crippen molar-refractivity contribution in [3.8, 4) is 0 Å². The summed E-state index contributed by atoms with van der Waals surface area (Å²) >= 11 is 0. The van der Waals surface area contributed by atoms with E-state index in [1.807, 2.05) is 30.3 Å². The molecule has 0 saturated heterocycles. The largest absolute Gasteiger partial charge is 0.323 e. The van der Waals surface area contributed by atoms with E-state index < -0.39 is 16.1 Å². The third kappa shape index (κ3) is 4.75. The van der Waals surface area contributed by atoms with Crippen LogP contribution in [0.5, 0.6) is 0 Å². The summed E-state index contributed by atoms with van der Waals surface area (Å²) in [5.74, 6) is -0.389. The minimum absolute atomic E-state index is 0. The first-order chi connectivity index (χ1) is 10.3. The number of hydrogen-bond acceptors (Lipinski definition) is 3. The highest BCUT2D eigenvalue weighted by Gasteiger charge is 2.18. The molecule has 0 heterocycles. The molecule has 7 heteroatoms. The Morgan fingerprint density at radius 3 is 2.17 bits per heavy atom. The second-order valence-electron chi connectivity index (χ2n) is 5.24. The summed E-state index contributed by atoms with van der Waals surface area (Å²) in [5.41, 5.74) is 7.42. The van der Waals surface area contributed by atoms with E-state index in [-0.39, 0.29) is 29.7 Å². The number of aryl methyl sites for hydroxylation is 2. The summed E-state index contributed by atoms with van der Waals surface area (Å²) < 4.78 is 40.7. The Labute approximate surface area is 142 Å². The fourth-order valence-corrected chi connectivity index (χ4v) is 3.39. The van der Waals surface area contributed by atoms with E-state index in [1.165, 1.54) is 26.0 Å². The molecule has 126 valence electrons. The van der Waals surface area contributed by atoms with Crippen LogP contribution in [0.4, 0.5) is 4.39 Å². The van der Waals surface area contributed by atoms with Gasteiger partial charge in [0.25, 0.3) is 0 Å². The summed E-state index contributed by atoms with van der Waals surface area (Å²) in [5, 5.41) is 0. The highest BCUT2D eigenvalue weighted by atomic mass is 35.5. The molecule has 0 aliphatic rings. The van der Waals surface area contributed by atoms with Crippen LogP contribution in [-0.4, -0.2) is 15.0 Å². The molecule has 3 N–H and O–H groups in total. The van der Waals surface area contributed by atoms with Gasteiger partial charge in [-0.3, -0.25) is 0 Å². The number of benzene rings is 2. The summed E-state index contributed by atoms with van der Waals surface area (Å²) in [6.45, 7) is 3.15. The van der Waals surface area contributed by atoms with Crippen LogP contribution in [0.2, 0.25) is 0 Å². The fraction of sp³-hybridized carbons (Fsp3) is 0.250. The monoisotopic (exact) mass is 358 g/mol. The molecule has 0 saturated carbocycles. The molecule has 1 atom stereocenters. The van der Waals surface area contributed by atoms with E-state index in [4.69, 9.17) is 5.73 Å². The van der Waals surface area contributed by atoms with Crippen LogP contribution in [-0.2, 0) is 10.0 Å². The maximum atomic E-state index is 13.6. The van der Waals surface area contributed by atoms with Gasteiger partial charge < -0.3 is 5.73 Å². The maximum Gasteiger partial charge on any atom is 0.240 e. The minimum atomic E-state index is -3.72. The zero-order valence-corrected chi connectivity index (χ0v) is 14.5. The molecule has 2 rings (SSSR count). The van der Waals surface area contributed by atoms with E-state index >= 15 is 0 Å². The van der Waals surface area contributed by atoms with Crippen LogP contribution in [0.3, 0.4) is 0 Å². The number of rotatable bonds is 5. The molecule has 0 amide bonds. The van der Waals surface area contributed by atoms with E-state index in [0.29, 0.717) is 11.1 Å². The highest BCUT2D eigenvalue weighted by molar-refractivity contribution is 7.89. The van der Waals surface area contributed by atoms with Crippen LogP contribution < -0.4 is 10.5 Å². The van der Waals surface area contributed by atoms with E-state index in [2.05, 4.69) is 4.72 Å². The predicted molar refractivity (Wildman–Crippen MR) is 91.7 cm³/mol. The Bertz CT molecular complexity index is 744. The molecule has 0 fully saturated rings. The van der Waals surface area contributed by atoms with Gasteiger partial charge >= 0.3 is 0 Å². The summed E-state index contributed by atoms with van der Waals surface area (Å²) in [4.78, 5) is 0.0455. The summed E-state index contributed by atoms with van der Waals surface area (Å²) in [6.07, 6.45) is 0. The highest BCUT2D eigenvalue weighted by Crippen LogP contribution is 2.19. The smallest absolute Gasteiger partial charge is 0.240 e. The average molecular weight is 359 g/mol. The molecule has 1 unspecified atom stereocenters. The topological polar surface area (TPSA) is 72.2 Å². The van der Waals surface area contributed by atoms with Crippen molar-refractivity contribution in [2.45, 2.75) is 24.8 Å². The standard InChI is InChI=1S/C16H19FN2O2S.ClH/c1-11-8-14(9-12(2)16(11)17)22(20,21)19-10-15(18)13-6-4-3-5-7-13;/h3-9,15,19H,10,18H2,1-2H3;1H. The van der Waals surface area contributed by atoms with E-state index in [9.17, 15) is 12.8 Å². The normalized spacial score (nSPS) is 12.5. The van der Waals surface area contributed by atoms with Gasteiger partial charge in [0.15, 0.2) is 0 Å². The van der Waals surface area contributed by atoms with E-state index in [1.54, 1.807) is 0 Å². The van der Waals surface area contributed by atoms with Crippen LogP contribution in [0.25, 0.3) is 0 Å². The van der Waals surface area contributed by atoms with Gasteiger partial charge in [0.2, 0.25) is 10.0 Å². The number of nitrogens with one attached hydrogen (secondary N) is 1. The molecule has 0 aliphatic carbocycles. The van der Waals surface area contributed by atoms with Crippen LogP contribution in [0.15, 0.2) is 47.4 Å². The third-order valence-corrected chi connectivity index (χ3v) is 4.84. The van der Waals surface area contributed by atoms with Gasteiger partial charge in [-0.15, -0.1) is 12.4 Å². The lowest BCUT2D eigenvalue weighted by atomic mass is 10.1. The first-order valence-electron chi connectivity index (χ1n) is 6.88. The van der Waals surface area contributed by atoms with Crippen molar-refractivity contribution < 1.29 is 12.8 Å². The first kappa shape index (κ1) is 19.6. The SMILES string of the molecule is Cc1cc(S(=O)(=O)NCC(N)c2ccccc2)cc(C)c1F.Cl. The first-order valence-corrected chi connectivity index (χ1v) is 8.36. The Hall–Kier alpha value is -1.47. The van der Waals surface area contributed by atoms with Crippen molar-refractivity contribution >= 4 is 22.4 Å². The molecular formula is C16H20ClFN2O2S. The Balaban J connectivity index is 0.00000264. The lowest BCUT2D eigenvalue weighted by Gasteiger charge is -2.14. The molecule has 4 nitrogen and oxygen atoms in total. The molecule has 0 spiro atoms. The average Bonchev–Trinajstić information content (AvgIpc) is 2.50. The molecule has 0 radical (unpaired) electrons. The van der Waals surface area contributed by atoms with Gasteiger partial charge in [0, 0.05) is 12.6 Å². The van der Waals surface area contributed by atoms with Crippen molar-refractivity contribution in [3.63, 3.8) is 0 Å². The molecule has 0 aliphatic heterocycles. The fourth-order valence-electron chi connectivity index (χ4n) is 2.16. The molecule has 0 bridgehead atoms. The maximum absolute atomic E-state index is 13.6. The zero-order valence-electron chi connectivity index (χ0n) is 12.9. The zero-order chi connectivity index (χ0) is 16.3. The van der Waals surface area contributed by atoms with Gasteiger partial charge in [-0.05, 0) is 42.7 Å². The van der Waals surface area contributed by atoms with Gasteiger partial charge in [-0.2, -0.15) is 0 Å². The van der Waals surface area contributed by atoms with Crippen LogP contribution >= 0.6 is 12.4 Å². The number of nitrogens with two attached hydrogens (primary N) is 1. The molecule has 0 aromatic heterocycles. The van der Waals surface area contributed by atoms with Gasteiger partial charge in [-0.1, -0.05) is 30.3 Å². The molecular weight excluding hydrogens is 339 g/mol. The molecule has 2 aromatic rings. The Morgan fingerprint density at radius 2 is 1.65 bits per heavy atom. The van der Waals surface area contributed by atoms with Crippen molar-refractivity contribution in [2.75, 3.05) is 6.54 Å². The third-order valence-electron chi connectivity index (χ3n) is 3.44. The minimum Gasteiger partial charge on any atom is -0.323 e. The van der Waals surface area contributed by atoms with E-state index in [0.717, 1.165) is 5.56 Å². The van der Waals surface area contributed by atoms with Crippen molar-refractivity contribution in [1.82, 2.24) is 4.72 Å². The van der Waals surface area contributed by atoms with Crippen molar-refractivity contribution in [3.05, 3.63) is 65.0 Å². The summed E-state index contributed by atoms with van der Waals surface area (Å²) in [6, 6.07) is 11.4. The number of sulfonamides is 1. The Morgan fingerprint density at radius 1 is 1.13 bits per heavy atom. The van der Waals surface area contributed by atoms with Gasteiger partial charge in [0.1, 0.15) is 5.82 Å². The summed E-state index contributed by atoms with van der Waals surface area (Å²) in [7, 11) is -3.72. The second-order valence-corrected chi connectivity index (χ2v) is 7.01. The predicted octanol–water partition coefficient (Wildman–Crippen LogP) is 2.84. The van der Waals surface area contributed by atoms with Crippen molar-refractivity contribution in [1.29, 1.82) is 0 Å². The second kappa shape index (κ2) is 7.88. The number of halogens is 2. The van der Waals surface area contributed by atoms with Crippen LogP contribution in [0, 0.1) is 19.7 Å². The Kier molecular flexibility index (Phi) is 6.70. The number of hydrogen-bond donors (Lipinski definition) is 2. The lowest BCUT2D eigenvalue weighted by Crippen LogP contribution is -2.32. The quantitative estimate of drug-likeness (QED) is 0.863. The molecule has 23 heavy (non-hydrogen) atoms. The van der Waals surface area contributed by atoms with Crippen LogP contribution in [0.1, 0.15) is 22.7 Å². The van der Waals surface area contributed by atoms with Gasteiger partial charge in [0.05, 0.1) is 4.90 Å². The van der Waals surface area contributed by atoms with Crippen molar-refractivity contribution in [2.24, 2.45) is 5.73 Å². The molecule has 2 aromatic carbocycles. The lowest BCUT2D eigenvalue weighted by molar-refractivity contribution is 0.570.